The molecule has 0 N–H and O–H groups in total. The van der Waals surface area contributed by atoms with Crippen molar-refractivity contribution in [3.05, 3.63) is 16.1 Å². The van der Waals surface area contributed by atoms with E-state index in [0.717, 1.165) is 23.7 Å². The summed E-state index contributed by atoms with van der Waals surface area (Å²) in [5.41, 5.74) is 1.11. The van der Waals surface area contributed by atoms with Crippen LogP contribution >= 0.6 is 11.3 Å². The van der Waals surface area contributed by atoms with E-state index < -0.39 is 0 Å². The van der Waals surface area contributed by atoms with Crippen LogP contribution in [0.15, 0.2) is 5.38 Å². The van der Waals surface area contributed by atoms with Crippen LogP contribution in [0, 0.1) is 18.3 Å². The summed E-state index contributed by atoms with van der Waals surface area (Å²) in [6, 6.07) is 2.58. The van der Waals surface area contributed by atoms with Crippen LogP contribution < -0.4 is 0 Å². The van der Waals surface area contributed by atoms with Crippen LogP contribution in [0.25, 0.3) is 0 Å². The van der Waals surface area contributed by atoms with E-state index in [4.69, 9.17) is 5.26 Å². The predicted molar refractivity (Wildman–Crippen MR) is 62.6 cm³/mol. The molecule has 0 spiro atoms. The summed E-state index contributed by atoms with van der Waals surface area (Å²) in [7, 11) is 2.06. The van der Waals surface area contributed by atoms with E-state index in [9.17, 15) is 0 Å². The van der Waals surface area contributed by atoms with E-state index in [1.54, 1.807) is 11.3 Å². The van der Waals surface area contributed by atoms with Crippen molar-refractivity contribution in [2.75, 3.05) is 7.05 Å². The Morgan fingerprint density at radius 1 is 1.67 bits per heavy atom. The standard InChI is InChI=1S/C11H17N3S/c1-4-11(5-6-12)14(3)7-10-8-15-9(2)13-10/h8,11H,4-5,7H2,1-3H3. The first-order chi connectivity index (χ1) is 7.17. The molecule has 82 valence electrons. The van der Waals surface area contributed by atoms with Gasteiger partial charge < -0.3 is 0 Å². The van der Waals surface area contributed by atoms with Gasteiger partial charge in [-0.1, -0.05) is 6.92 Å². The molecular weight excluding hydrogens is 206 g/mol. The fourth-order valence-electron chi connectivity index (χ4n) is 1.58. The molecule has 0 aliphatic heterocycles. The Bertz CT molecular complexity index is 340. The normalized spacial score (nSPS) is 12.7. The van der Waals surface area contributed by atoms with Crippen molar-refractivity contribution in [3.8, 4) is 6.07 Å². The number of rotatable bonds is 5. The van der Waals surface area contributed by atoms with Gasteiger partial charge in [-0.3, -0.25) is 4.90 Å². The van der Waals surface area contributed by atoms with Gasteiger partial charge in [-0.25, -0.2) is 4.98 Å². The molecule has 3 nitrogen and oxygen atoms in total. The number of nitriles is 1. The number of aryl methyl sites for hydroxylation is 1. The number of hydrogen-bond acceptors (Lipinski definition) is 4. The second-order valence-corrected chi connectivity index (χ2v) is 4.76. The van der Waals surface area contributed by atoms with E-state index in [-0.39, 0.29) is 0 Å². The minimum Gasteiger partial charge on any atom is -0.297 e. The van der Waals surface area contributed by atoms with Crippen LogP contribution in [0.1, 0.15) is 30.5 Å². The van der Waals surface area contributed by atoms with E-state index >= 15 is 0 Å². The lowest BCUT2D eigenvalue weighted by molar-refractivity contribution is 0.228. The van der Waals surface area contributed by atoms with Crippen LogP contribution in [-0.2, 0) is 6.54 Å². The zero-order chi connectivity index (χ0) is 11.3. The van der Waals surface area contributed by atoms with Gasteiger partial charge in [0.25, 0.3) is 0 Å². The van der Waals surface area contributed by atoms with Gasteiger partial charge in [-0.05, 0) is 20.4 Å². The second-order valence-electron chi connectivity index (χ2n) is 3.70. The van der Waals surface area contributed by atoms with E-state index in [1.165, 1.54) is 0 Å². The Morgan fingerprint density at radius 2 is 2.40 bits per heavy atom. The Labute approximate surface area is 95.4 Å². The first kappa shape index (κ1) is 12.2. The van der Waals surface area contributed by atoms with E-state index in [2.05, 4.69) is 35.3 Å². The van der Waals surface area contributed by atoms with Gasteiger partial charge in [-0.2, -0.15) is 5.26 Å². The number of hydrogen-bond donors (Lipinski definition) is 0. The minimum absolute atomic E-state index is 0.344. The third kappa shape index (κ3) is 3.61. The largest absolute Gasteiger partial charge is 0.297 e. The van der Waals surface area contributed by atoms with Crippen LogP contribution in [0.2, 0.25) is 0 Å². The highest BCUT2D eigenvalue weighted by molar-refractivity contribution is 7.09. The zero-order valence-corrected chi connectivity index (χ0v) is 10.3. The molecule has 0 aliphatic rings. The lowest BCUT2D eigenvalue weighted by atomic mass is 10.1. The van der Waals surface area contributed by atoms with Crippen LogP contribution in [0.5, 0.6) is 0 Å². The SMILES string of the molecule is CCC(CC#N)N(C)Cc1csc(C)n1. The summed E-state index contributed by atoms with van der Waals surface area (Å²) in [5.74, 6) is 0. The van der Waals surface area contributed by atoms with Crippen LogP contribution in [0.4, 0.5) is 0 Å². The Balaban J connectivity index is 2.54. The highest BCUT2D eigenvalue weighted by Crippen LogP contribution is 2.13. The predicted octanol–water partition coefficient (Wildman–Crippen LogP) is 2.58. The molecule has 1 unspecified atom stereocenters. The quantitative estimate of drug-likeness (QED) is 0.770. The topological polar surface area (TPSA) is 39.9 Å². The van der Waals surface area contributed by atoms with Crippen molar-refractivity contribution in [2.45, 2.75) is 39.3 Å². The molecule has 1 heterocycles. The van der Waals surface area contributed by atoms with Gasteiger partial charge in [0.15, 0.2) is 0 Å². The molecule has 0 amide bonds. The summed E-state index contributed by atoms with van der Waals surface area (Å²) in [4.78, 5) is 6.63. The van der Waals surface area contributed by atoms with Crippen molar-refractivity contribution < 1.29 is 0 Å². The Hall–Kier alpha value is -0.920. The number of aromatic nitrogens is 1. The Kier molecular flexibility index (Phi) is 4.73. The fourth-order valence-corrected chi connectivity index (χ4v) is 2.19. The molecule has 0 saturated heterocycles. The molecule has 4 heteroatoms. The van der Waals surface area contributed by atoms with Gasteiger partial charge in [-0.15, -0.1) is 11.3 Å². The summed E-state index contributed by atoms with van der Waals surface area (Å²) < 4.78 is 0. The molecule has 0 radical (unpaired) electrons. The number of nitrogens with zero attached hydrogens (tertiary/aromatic N) is 3. The summed E-state index contributed by atoms with van der Waals surface area (Å²) in [6.07, 6.45) is 1.60. The minimum atomic E-state index is 0.344. The van der Waals surface area contributed by atoms with Gasteiger partial charge >= 0.3 is 0 Å². The van der Waals surface area contributed by atoms with Crippen molar-refractivity contribution in [1.82, 2.24) is 9.88 Å². The van der Waals surface area contributed by atoms with Crippen molar-refractivity contribution >= 4 is 11.3 Å². The molecule has 1 aromatic rings. The molecule has 0 bridgehead atoms. The van der Waals surface area contributed by atoms with E-state index in [0.29, 0.717) is 12.5 Å². The van der Waals surface area contributed by atoms with E-state index in [1.807, 2.05) is 6.92 Å². The maximum absolute atomic E-state index is 8.70. The van der Waals surface area contributed by atoms with Gasteiger partial charge in [0.1, 0.15) is 0 Å². The average Bonchev–Trinajstić information content (AvgIpc) is 2.60. The molecule has 1 atom stereocenters. The molecule has 15 heavy (non-hydrogen) atoms. The molecule has 1 aromatic heterocycles. The third-order valence-electron chi connectivity index (χ3n) is 2.50. The van der Waals surface area contributed by atoms with Gasteiger partial charge in [0, 0.05) is 18.0 Å². The lowest BCUT2D eigenvalue weighted by Gasteiger charge is -2.23. The van der Waals surface area contributed by atoms with Crippen molar-refractivity contribution in [1.29, 1.82) is 5.26 Å². The third-order valence-corrected chi connectivity index (χ3v) is 3.32. The second kappa shape index (κ2) is 5.84. The molecule has 1 rings (SSSR count). The summed E-state index contributed by atoms with van der Waals surface area (Å²) >= 11 is 1.68. The maximum atomic E-state index is 8.70. The first-order valence-electron chi connectivity index (χ1n) is 5.15. The van der Waals surface area contributed by atoms with Crippen molar-refractivity contribution in [2.24, 2.45) is 0 Å². The highest BCUT2D eigenvalue weighted by Gasteiger charge is 2.13. The molecule has 0 fully saturated rings. The number of thiazole rings is 1. The molecule has 0 aliphatic carbocycles. The average molecular weight is 223 g/mol. The fraction of sp³-hybridized carbons (Fsp3) is 0.636. The molecule has 0 aromatic carbocycles. The van der Waals surface area contributed by atoms with Gasteiger partial charge in [0.05, 0.1) is 23.2 Å². The maximum Gasteiger partial charge on any atom is 0.0897 e. The monoisotopic (exact) mass is 223 g/mol. The summed E-state index contributed by atoms with van der Waals surface area (Å²) in [5, 5.41) is 11.9. The van der Waals surface area contributed by atoms with Crippen LogP contribution in [-0.4, -0.2) is 23.0 Å². The molecule has 0 saturated carbocycles. The first-order valence-corrected chi connectivity index (χ1v) is 6.03. The van der Waals surface area contributed by atoms with Crippen molar-refractivity contribution in [3.63, 3.8) is 0 Å². The zero-order valence-electron chi connectivity index (χ0n) is 9.53. The summed E-state index contributed by atoms with van der Waals surface area (Å²) in [6.45, 7) is 4.97. The van der Waals surface area contributed by atoms with Crippen LogP contribution in [0.3, 0.4) is 0 Å². The lowest BCUT2D eigenvalue weighted by Crippen LogP contribution is -2.30. The molecular formula is C11H17N3S. The highest BCUT2D eigenvalue weighted by atomic mass is 32.1. The smallest absolute Gasteiger partial charge is 0.0897 e. The Morgan fingerprint density at radius 3 is 2.87 bits per heavy atom. The van der Waals surface area contributed by atoms with Gasteiger partial charge in [0.2, 0.25) is 0 Å².